The normalized spacial score (nSPS) is 12.0. The first-order valence-electron chi connectivity index (χ1n) is 12.8. The van der Waals surface area contributed by atoms with Crippen molar-refractivity contribution in [3.63, 3.8) is 0 Å². The predicted octanol–water partition coefficient (Wildman–Crippen LogP) is 5.00. The van der Waals surface area contributed by atoms with Crippen LogP contribution in [0, 0.1) is 13.8 Å². The zero-order chi connectivity index (χ0) is 28.6. The molecule has 0 aromatic heterocycles. The molecule has 0 aliphatic rings. The molecule has 3 aromatic carbocycles. The topological polar surface area (TPSA) is 86.8 Å². The Hall–Kier alpha value is -3.17. The van der Waals surface area contributed by atoms with Gasteiger partial charge in [-0.15, -0.1) is 0 Å². The maximum absolute atomic E-state index is 13.7. The van der Waals surface area contributed by atoms with Crippen LogP contribution in [-0.2, 0) is 32.6 Å². The largest absolute Gasteiger partial charge is 0.357 e. The van der Waals surface area contributed by atoms with Gasteiger partial charge in [0.15, 0.2) is 0 Å². The quantitative estimate of drug-likeness (QED) is 0.311. The maximum atomic E-state index is 13.7. The molecule has 0 radical (unpaired) electrons. The third kappa shape index (κ3) is 8.66. The number of carbonyl (C=O) groups is 2. The van der Waals surface area contributed by atoms with Gasteiger partial charge in [0.05, 0.1) is 11.9 Å². The summed E-state index contributed by atoms with van der Waals surface area (Å²) in [6.07, 6.45) is 1.93. The Labute approximate surface area is 240 Å². The van der Waals surface area contributed by atoms with E-state index in [2.05, 4.69) is 21.2 Å². The van der Waals surface area contributed by atoms with E-state index in [0.29, 0.717) is 18.5 Å². The highest BCUT2D eigenvalue weighted by Gasteiger charge is 2.30. The van der Waals surface area contributed by atoms with Crippen LogP contribution in [0.1, 0.15) is 35.1 Å². The molecule has 3 aromatic rings. The predicted molar refractivity (Wildman–Crippen MR) is 160 cm³/mol. The average Bonchev–Trinajstić information content (AvgIpc) is 2.89. The lowest BCUT2D eigenvalue weighted by molar-refractivity contribution is -0.141. The van der Waals surface area contributed by atoms with Gasteiger partial charge >= 0.3 is 0 Å². The summed E-state index contributed by atoms with van der Waals surface area (Å²) in [5, 5.41) is 2.71. The number of likely N-dealkylation sites (N-methyl/N-ethyl adjacent to an activating group) is 1. The van der Waals surface area contributed by atoms with E-state index >= 15 is 0 Å². The van der Waals surface area contributed by atoms with E-state index in [1.54, 1.807) is 18.0 Å². The first-order valence-corrected chi connectivity index (χ1v) is 15.5. The summed E-state index contributed by atoms with van der Waals surface area (Å²) in [4.78, 5) is 28.4. The Balaban J connectivity index is 1.85. The van der Waals surface area contributed by atoms with Crippen molar-refractivity contribution in [1.29, 1.82) is 0 Å². The molecule has 0 bridgehead atoms. The molecule has 7 nitrogen and oxygen atoms in total. The standard InChI is InChI=1S/C30H36BrN3O4S/c1-22-15-16-27(18-23(22)2)34(39(4,37)38)17-9-14-29(35)33(21-25-12-8-13-26(31)19-25)28(30(36)32-3)20-24-10-6-5-7-11-24/h5-8,10-13,15-16,18-19,28H,9,14,17,20-21H2,1-4H3,(H,32,36)/t28-/m1/s1. The summed E-state index contributed by atoms with van der Waals surface area (Å²) in [6, 6.07) is 22.0. The molecule has 208 valence electrons. The minimum Gasteiger partial charge on any atom is -0.357 e. The summed E-state index contributed by atoms with van der Waals surface area (Å²) in [7, 11) is -1.99. The van der Waals surface area contributed by atoms with E-state index < -0.39 is 16.1 Å². The third-order valence-electron chi connectivity index (χ3n) is 6.69. The summed E-state index contributed by atoms with van der Waals surface area (Å²) in [6.45, 7) is 4.31. The fourth-order valence-corrected chi connectivity index (χ4v) is 5.84. The lowest BCUT2D eigenvalue weighted by atomic mass is 10.0. The number of hydrogen-bond acceptors (Lipinski definition) is 4. The number of benzene rings is 3. The van der Waals surface area contributed by atoms with Crippen molar-refractivity contribution >= 4 is 43.5 Å². The second-order valence-electron chi connectivity index (χ2n) is 9.68. The number of anilines is 1. The molecule has 3 rings (SSSR count). The fourth-order valence-electron chi connectivity index (χ4n) is 4.44. The van der Waals surface area contributed by atoms with Gasteiger partial charge in [-0.3, -0.25) is 13.9 Å². The smallest absolute Gasteiger partial charge is 0.242 e. The Kier molecular flexibility index (Phi) is 10.7. The van der Waals surface area contributed by atoms with Crippen LogP contribution in [-0.4, -0.2) is 51.0 Å². The van der Waals surface area contributed by atoms with Gasteiger partial charge in [-0.25, -0.2) is 8.42 Å². The van der Waals surface area contributed by atoms with Gasteiger partial charge in [-0.05, 0) is 66.8 Å². The molecule has 0 saturated heterocycles. The Morgan fingerprint density at radius 2 is 1.62 bits per heavy atom. The van der Waals surface area contributed by atoms with Crippen LogP contribution in [0.5, 0.6) is 0 Å². The molecular weight excluding hydrogens is 578 g/mol. The van der Waals surface area contributed by atoms with Crippen LogP contribution in [0.4, 0.5) is 5.69 Å². The second-order valence-corrected chi connectivity index (χ2v) is 12.5. The van der Waals surface area contributed by atoms with Crippen LogP contribution in [0.25, 0.3) is 0 Å². The Morgan fingerprint density at radius 3 is 2.23 bits per heavy atom. The molecule has 0 unspecified atom stereocenters. The molecule has 2 amide bonds. The number of rotatable bonds is 12. The van der Waals surface area contributed by atoms with Crippen LogP contribution < -0.4 is 9.62 Å². The molecule has 1 atom stereocenters. The zero-order valence-corrected chi connectivity index (χ0v) is 25.3. The van der Waals surface area contributed by atoms with Crippen molar-refractivity contribution in [2.45, 2.75) is 45.7 Å². The van der Waals surface area contributed by atoms with E-state index in [0.717, 1.165) is 26.7 Å². The third-order valence-corrected chi connectivity index (χ3v) is 8.38. The van der Waals surface area contributed by atoms with Gasteiger partial charge in [0.25, 0.3) is 0 Å². The van der Waals surface area contributed by atoms with Crippen molar-refractivity contribution < 1.29 is 18.0 Å². The first kappa shape index (κ1) is 30.4. The minimum atomic E-state index is -3.55. The summed E-state index contributed by atoms with van der Waals surface area (Å²) in [5.41, 5.74) is 4.46. The average molecular weight is 615 g/mol. The van der Waals surface area contributed by atoms with E-state index in [4.69, 9.17) is 0 Å². The van der Waals surface area contributed by atoms with Gasteiger partial charge in [-0.2, -0.15) is 0 Å². The minimum absolute atomic E-state index is 0.0904. The molecule has 0 aliphatic heterocycles. The fraction of sp³-hybridized carbons (Fsp3) is 0.333. The van der Waals surface area contributed by atoms with Crippen molar-refractivity contribution in [3.05, 3.63) is 99.5 Å². The molecule has 39 heavy (non-hydrogen) atoms. The summed E-state index contributed by atoms with van der Waals surface area (Å²) < 4.78 is 27.5. The van der Waals surface area contributed by atoms with Gasteiger partial charge in [-0.1, -0.05) is 64.5 Å². The first-order chi connectivity index (χ1) is 18.5. The molecule has 0 saturated carbocycles. The maximum Gasteiger partial charge on any atom is 0.242 e. The molecule has 0 heterocycles. The second kappa shape index (κ2) is 13.8. The van der Waals surface area contributed by atoms with Crippen LogP contribution >= 0.6 is 15.9 Å². The highest BCUT2D eigenvalue weighted by atomic mass is 79.9. The number of amides is 2. The van der Waals surface area contributed by atoms with E-state index in [1.165, 1.54) is 10.6 Å². The number of halogens is 1. The molecular formula is C30H36BrN3O4S. The van der Waals surface area contributed by atoms with Gasteiger partial charge in [0.1, 0.15) is 6.04 Å². The van der Waals surface area contributed by atoms with E-state index in [1.807, 2.05) is 80.6 Å². The Bertz CT molecular complexity index is 1400. The Morgan fingerprint density at radius 1 is 0.923 bits per heavy atom. The van der Waals surface area contributed by atoms with Crippen molar-refractivity contribution in [2.75, 3.05) is 24.2 Å². The number of aryl methyl sites for hydroxylation is 2. The van der Waals surface area contributed by atoms with E-state index in [-0.39, 0.29) is 31.3 Å². The SMILES string of the molecule is CNC(=O)[C@@H](Cc1ccccc1)N(Cc1cccc(Br)c1)C(=O)CCCN(c1ccc(C)c(C)c1)S(C)(=O)=O. The van der Waals surface area contributed by atoms with Crippen molar-refractivity contribution in [3.8, 4) is 0 Å². The zero-order valence-electron chi connectivity index (χ0n) is 22.9. The number of nitrogens with zero attached hydrogens (tertiary/aromatic N) is 2. The molecule has 0 aliphatic carbocycles. The highest BCUT2D eigenvalue weighted by Crippen LogP contribution is 2.23. The monoisotopic (exact) mass is 613 g/mol. The number of carbonyl (C=O) groups excluding carboxylic acids is 2. The van der Waals surface area contributed by atoms with Crippen LogP contribution in [0.2, 0.25) is 0 Å². The molecule has 9 heteroatoms. The van der Waals surface area contributed by atoms with Gasteiger partial charge in [0, 0.05) is 37.5 Å². The molecule has 0 fully saturated rings. The lowest BCUT2D eigenvalue weighted by Gasteiger charge is -2.31. The van der Waals surface area contributed by atoms with Crippen molar-refractivity contribution in [2.24, 2.45) is 0 Å². The van der Waals surface area contributed by atoms with Crippen molar-refractivity contribution in [1.82, 2.24) is 10.2 Å². The summed E-state index contributed by atoms with van der Waals surface area (Å²) in [5.74, 6) is -0.469. The lowest BCUT2D eigenvalue weighted by Crippen LogP contribution is -2.49. The van der Waals surface area contributed by atoms with E-state index in [9.17, 15) is 18.0 Å². The van der Waals surface area contributed by atoms with Gasteiger partial charge < -0.3 is 10.2 Å². The number of nitrogens with one attached hydrogen (secondary N) is 1. The summed E-state index contributed by atoms with van der Waals surface area (Å²) >= 11 is 3.49. The van der Waals surface area contributed by atoms with Gasteiger partial charge in [0.2, 0.25) is 21.8 Å². The molecule has 1 N–H and O–H groups in total. The number of hydrogen-bond donors (Lipinski definition) is 1. The van der Waals surface area contributed by atoms with Crippen LogP contribution in [0.15, 0.2) is 77.3 Å². The number of sulfonamides is 1. The highest BCUT2D eigenvalue weighted by molar-refractivity contribution is 9.10. The molecule has 0 spiro atoms. The van der Waals surface area contributed by atoms with Crippen LogP contribution in [0.3, 0.4) is 0 Å².